The first-order valence-electron chi connectivity index (χ1n) is 4.49. The van der Waals surface area contributed by atoms with E-state index in [1.165, 1.54) is 12.1 Å². The SMILES string of the molecule is Bc1cccc([N+](=O)[O-])c1C(=O)OCC. The van der Waals surface area contributed by atoms with Crippen molar-refractivity contribution in [1.29, 1.82) is 0 Å². The molecule has 6 heteroatoms. The Labute approximate surface area is 87.6 Å². The van der Waals surface area contributed by atoms with Crippen molar-refractivity contribution in [2.45, 2.75) is 6.92 Å². The third-order valence-corrected chi connectivity index (χ3v) is 1.93. The minimum atomic E-state index is -0.651. The van der Waals surface area contributed by atoms with Crippen LogP contribution in [0.25, 0.3) is 0 Å². The van der Waals surface area contributed by atoms with Gasteiger partial charge in [-0.1, -0.05) is 17.6 Å². The largest absolute Gasteiger partial charge is 0.462 e. The van der Waals surface area contributed by atoms with Gasteiger partial charge in [-0.2, -0.15) is 0 Å². The minimum absolute atomic E-state index is 0.0318. The van der Waals surface area contributed by atoms with Gasteiger partial charge < -0.3 is 4.74 Å². The summed E-state index contributed by atoms with van der Waals surface area (Å²) in [7, 11) is 1.64. The van der Waals surface area contributed by atoms with E-state index in [9.17, 15) is 14.9 Å². The molecule has 0 saturated carbocycles. The van der Waals surface area contributed by atoms with Crippen LogP contribution < -0.4 is 5.46 Å². The second-order valence-electron chi connectivity index (χ2n) is 2.95. The van der Waals surface area contributed by atoms with Gasteiger partial charge in [-0.15, -0.1) is 0 Å². The normalized spacial score (nSPS) is 9.67. The molecule has 0 fully saturated rings. The van der Waals surface area contributed by atoms with E-state index >= 15 is 0 Å². The van der Waals surface area contributed by atoms with Gasteiger partial charge in [-0.3, -0.25) is 10.1 Å². The number of hydrogen-bond donors (Lipinski definition) is 0. The lowest BCUT2D eigenvalue weighted by molar-refractivity contribution is -0.385. The predicted octanol–water partition coefficient (Wildman–Crippen LogP) is 0.0299. The van der Waals surface area contributed by atoms with Crippen LogP contribution in [0.15, 0.2) is 18.2 Å². The summed E-state index contributed by atoms with van der Waals surface area (Å²) in [6.45, 7) is 1.85. The fourth-order valence-corrected chi connectivity index (χ4v) is 1.27. The standard InChI is InChI=1S/C9H10BNO4/c1-2-15-9(12)8-6(10)4-3-5-7(8)11(13)14/h3-5H,2,10H2,1H3. The zero-order valence-corrected chi connectivity index (χ0v) is 8.52. The Bertz CT molecular complexity index is 405. The summed E-state index contributed by atoms with van der Waals surface area (Å²) in [5, 5.41) is 10.7. The van der Waals surface area contributed by atoms with Gasteiger partial charge in [0.2, 0.25) is 0 Å². The first-order chi connectivity index (χ1) is 7.07. The van der Waals surface area contributed by atoms with Gasteiger partial charge in [0, 0.05) is 6.07 Å². The molecule has 0 atom stereocenters. The molecule has 0 radical (unpaired) electrons. The van der Waals surface area contributed by atoms with E-state index in [0.717, 1.165) is 0 Å². The van der Waals surface area contributed by atoms with Crippen molar-refractivity contribution in [3.05, 3.63) is 33.9 Å². The second kappa shape index (κ2) is 4.59. The third kappa shape index (κ3) is 2.34. The molecule has 0 unspecified atom stereocenters. The summed E-state index contributed by atoms with van der Waals surface area (Å²) in [6.07, 6.45) is 0. The molecule has 0 N–H and O–H groups in total. The van der Waals surface area contributed by atoms with Crippen LogP contribution in [0.2, 0.25) is 0 Å². The van der Waals surface area contributed by atoms with Crippen LogP contribution in [0.5, 0.6) is 0 Å². The van der Waals surface area contributed by atoms with Crippen LogP contribution >= 0.6 is 0 Å². The Morgan fingerprint density at radius 2 is 2.27 bits per heavy atom. The average molecular weight is 207 g/mol. The van der Waals surface area contributed by atoms with Gasteiger partial charge in [-0.05, 0) is 6.92 Å². The summed E-state index contributed by atoms with van der Waals surface area (Å²) in [5.41, 5.74) is 0.362. The van der Waals surface area contributed by atoms with Crippen molar-refractivity contribution in [2.75, 3.05) is 6.61 Å². The molecule has 0 aliphatic heterocycles. The molecule has 0 heterocycles. The van der Waals surface area contributed by atoms with Crippen molar-refractivity contribution in [1.82, 2.24) is 0 Å². The van der Waals surface area contributed by atoms with E-state index in [0.29, 0.717) is 5.46 Å². The maximum absolute atomic E-state index is 11.5. The summed E-state index contributed by atoms with van der Waals surface area (Å²) in [6, 6.07) is 4.47. The van der Waals surface area contributed by atoms with E-state index in [2.05, 4.69) is 0 Å². The van der Waals surface area contributed by atoms with Crippen LogP contribution in [0.1, 0.15) is 17.3 Å². The molecule has 0 bridgehead atoms. The van der Waals surface area contributed by atoms with E-state index in [1.807, 2.05) is 0 Å². The third-order valence-electron chi connectivity index (χ3n) is 1.93. The highest BCUT2D eigenvalue weighted by Crippen LogP contribution is 2.16. The number of hydrogen-bond acceptors (Lipinski definition) is 4. The van der Waals surface area contributed by atoms with Crippen LogP contribution in [0, 0.1) is 10.1 Å². The Balaban J connectivity index is 3.24. The van der Waals surface area contributed by atoms with E-state index in [4.69, 9.17) is 4.74 Å². The molecule has 78 valence electrons. The highest BCUT2D eigenvalue weighted by molar-refractivity contribution is 6.36. The van der Waals surface area contributed by atoms with E-state index in [1.54, 1.807) is 20.8 Å². The van der Waals surface area contributed by atoms with Crippen LogP contribution in [0.3, 0.4) is 0 Å². The van der Waals surface area contributed by atoms with Crippen molar-refractivity contribution < 1.29 is 14.5 Å². The Morgan fingerprint density at radius 3 is 2.80 bits per heavy atom. The Kier molecular flexibility index (Phi) is 3.44. The lowest BCUT2D eigenvalue weighted by Gasteiger charge is -2.05. The van der Waals surface area contributed by atoms with Crippen molar-refractivity contribution >= 4 is 25.0 Å². The highest BCUT2D eigenvalue weighted by Gasteiger charge is 2.22. The summed E-state index contributed by atoms with van der Waals surface area (Å²) < 4.78 is 4.76. The van der Waals surface area contributed by atoms with Gasteiger partial charge in [0.1, 0.15) is 13.4 Å². The summed E-state index contributed by atoms with van der Waals surface area (Å²) in [5.74, 6) is -0.651. The molecule has 15 heavy (non-hydrogen) atoms. The van der Waals surface area contributed by atoms with Crippen molar-refractivity contribution in [3.8, 4) is 0 Å². The second-order valence-corrected chi connectivity index (χ2v) is 2.95. The fraction of sp³-hybridized carbons (Fsp3) is 0.222. The molecule has 0 saturated heterocycles. The average Bonchev–Trinajstić information content (AvgIpc) is 2.17. The first kappa shape index (κ1) is 11.2. The number of benzene rings is 1. The summed E-state index contributed by atoms with van der Waals surface area (Å²) in [4.78, 5) is 21.6. The molecular formula is C9H10BNO4. The first-order valence-corrected chi connectivity index (χ1v) is 4.49. The summed E-state index contributed by atoms with van der Waals surface area (Å²) >= 11 is 0. The zero-order valence-electron chi connectivity index (χ0n) is 8.52. The number of ether oxygens (including phenoxy) is 1. The number of esters is 1. The van der Waals surface area contributed by atoms with Crippen LogP contribution in [0.4, 0.5) is 5.69 Å². The molecule has 5 nitrogen and oxygen atoms in total. The molecule has 0 amide bonds. The molecule has 1 rings (SSSR count). The lowest BCUT2D eigenvalue weighted by atomic mass is 9.89. The van der Waals surface area contributed by atoms with Gasteiger partial charge >= 0.3 is 5.97 Å². The van der Waals surface area contributed by atoms with E-state index < -0.39 is 10.9 Å². The quantitative estimate of drug-likeness (QED) is 0.303. The fourth-order valence-electron chi connectivity index (χ4n) is 1.27. The molecular weight excluding hydrogens is 197 g/mol. The van der Waals surface area contributed by atoms with Crippen LogP contribution in [-0.2, 0) is 4.74 Å². The maximum atomic E-state index is 11.5. The molecule has 0 aliphatic carbocycles. The van der Waals surface area contributed by atoms with Crippen molar-refractivity contribution in [3.63, 3.8) is 0 Å². The molecule has 0 aliphatic rings. The number of carbonyl (C=O) groups excluding carboxylic acids is 1. The number of nitro benzene ring substituents is 1. The number of nitrogens with zero attached hydrogens (tertiary/aromatic N) is 1. The molecule has 1 aromatic carbocycles. The Morgan fingerprint density at radius 1 is 1.60 bits per heavy atom. The van der Waals surface area contributed by atoms with Crippen LogP contribution in [-0.4, -0.2) is 25.3 Å². The van der Waals surface area contributed by atoms with Crippen molar-refractivity contribution in [2.24, 2.45) is 0 Å². The zero-order chi connectivity index (χ0) is 11.4. The molecule has 1 aromatic rings. The smallest absolute Gasteiger partial charge is 0.344 e. The monoisotopic (exact) mass is 207 g/mol. The lowest BCUT2D eigenvalue weighted by Crippen LogP contribution is -2.20. The topological polar surface area (TPSA) is 69.4 Å². The number of nitro groups is 1. The van der Waals surface area contributed by atoms with Gasteiger partial charge in [0.25, 0.3) is 5.69 Å². The van der Waals surface area contributed by atoms with Gasteiger partial charge in [0.05, 0.1) is 11.5 Å². The Hall–Kier alpha value is -1.85. The van der Waals surface area contributed by atoms with Gasteiger partial charge in [-0.25, -0.2) is 4.79 Å². The highest BCUT2D eigenvalue weighted by atomic mass is 16.6. The number of carbonyl (C=O) groups is 1. The molecule has 0 spiro atoms. The maximum Gasteiger partial charge on any atom is 0.344 e. The minimum Gasteiger partial charge on any atom is -0.462 e. The molecule has 0 aromatic heterocycles. The van der Waals surface area contributed by atoms with E-state index in [-0.39, 0.29) is 17.9 Å². The predicted molar refractivity (Wildman–Crippen MR) is 57.2 cm³/mol. The number of rotatable bonds is 3. The van der Waals surface area contributed by atoms with Gasteiger partial charge in [0.15, 0.2) is 0 Å².